The molecule has 0 bridgehead atoms. The normalized spacial score (nSPS) is 8.00. The molecule has 0 aromatic carbocycles. The lowest BCUT2D eigenvalue weighted by Gasteiger charge is -1.78. The fourth-order valence-electron chi connectivity index (χ4n) is 0.249. The van der Waals surface area contributed by atoms with Crippen molar-refractivity contribution in [3.05, 3.63) is 0 Å². The average Bonchev–Trinajstić information content (AvgIpc) is 1.69. The molecule has 0 spiro atoms. The van der Waals surface area contributed by atoms with Crippen molar-refractivity contribution >= 4 is 12.5 Å². The maximum absolute atomic E-state index is 9.47. The van der Waals surface area contributed by atoms with Crippen LogP contribution in [0.2, 0.25) is 0 Å². The van der Waals surface area contributed by atoms with Crippen molar-refractivity contribution in [2.45, 2.75) is 19.3 Å². The van der Waals surface area contributed by atoms with Crippen LogP contribution >= 0.6 is 0 Å². The van der Waals surface area contributed by atoms with Gasteiger partial charge in [-0.05, 0) is 12.8 Å². The van der Waals surface area contributed by atoms with Gasteiger partial charge in [-0.25, -0.2) is 0 Å². The summed E-state index contributed by atoms with van der Waals surface area (Å²) in [4.78, 5) is 9.47. The van der Waals surface area contributed by atoms with Crippen LogP contribution in [-0.4, -0.2) is 12.5 Å². The quantitative estimate of drug-likeness (QED) is 0.409. The Morgan fingerprint density at radius 1 is 1.43 bits per heavy atom. The van der Waals surface area contributed by atoms with Gasteiger partial charge in [-0.3, -0.25) is 4.79 Å². The monoisotopic (exact) mass is 97.1 g/mol. The predicted molar refractivity (Wildman–Crippen MR) is 27.3 cm³/mol. The molecule has 2 nitrogen and oxygen atoms in total. The largest absolute Gasteiger partial charge is 0.303 e. The van der Waals surface area contributed by atoms with Crippen LogP contribution in [0.1, 0.15) is 19.3 Å². The standard InChI is InChI=1S/C5H7NO/c6-4-2-1-3-5-7/h6H,1-3H2. The molecule has 0 aromatic heterocycles. The molecule has 0 rings (SSSR count). The van der Waals surface area contributed by atoms with E-state index in [1.807, 2.05) is 0 Å². The molecule has 0 saturated heterocycles. The van der Waals surface area contributed by atoms with Gasteiger partial charge in [0, 0.05) is 6.42 Å². The highest BCUT2D eigenvalue weighted by Gasteiger charge is 1.80. The zero-order valence-electron chi connectivity index (χ0n) is 4.03. The molecule has 0 fully saturated rings. The van der Waals surface area contributed by atoms with Gasteiger partial charge in [-0.2, -0.15) is 0 Å². The third kappa shape index (κ3) is 5.34. The van der Waals surface area contributed by atoms with E-state index < -0.39 is 0 Å². The number of unbranched alkanes of at least 4 members (excludes halogenated alkanes) is 2. The Bertz CT molecular complexity index is 53.1. The van der Waals surface area contributed by atoms with Crippen LogP contribution < -0.4 is 0 Å². The first-order valence-corrected chi connectivity index (χ1v) is 2.16. The molecule has 0 saturated carbocycles. The van der Waals surface area contributed by atoms with Gasteiger partial charge in [0.15, 0.2) is 6.29 Å². The van der Waals surface area contributed by atoms with E-state index in [0.717, 1.165) is 0 Å². The van der Waals surface area contributed by atoms with E-state index in [4.69, 9.17) is 5.41 Å². The maximum atomic E-state index is 9.47. The van der Waals surface area contributed by atoms with Gasteiger partial charge in [-0.1, -0.05) is 0 Å². The van der Waals surface area contributed by atoms with Gasteiger partial charge in [0.1, 0.15) is 0 Å². The fourth-order valence-corrected chi connectivity index (χ4v) is 0.249. The first-order valence-electron chi connectivity index (χ1n) is 2.16. The molecule has 2 radical (unpaired) electrons. The Morgan fingerprint density at radius 3 is 2.57 bits per heavy atom. The van der Waals surface area contributed by atoms with E-state index in [2.05, 4.69) is 6.21 Å². The lowest BCUT2D eigenvalue weighted by atomic mass is 10.3. The molecule has 7 heavy (non-hydrogen) atoms. The van der Waals surface area contributed by atoms with Crippen molar-refractivity contribution in [3.8, 4) is 0 Å². The Morgan fingerprint density at radius 2 is 2.14 bits per heavy atom. The second-order valence-electron chi connectivity index (χ2n) is 1.17. The van der Waals surface area contributed by atoms with Crippen molar-refractivity contribution in [3.63, 3.8) is 0 Å². The van der Waals surface area contributed by atoms with Gasteiger partial charge in [0.2, 0.25) is 0 Å². The second-order valence-corrected chi connectivity index (χ2v) is 1.17. The Balaban J connectivity index is 2.68. The van der Waals surface area contributed by atoms with E-state index in [1.54, 1.807) is 6.29 Å². The second kappa shape index (κ2) is 5.34. The number of hydrogen-bond acceptors (Lipinski definition) is 2. The maximum Gasteiger partial charge on any atom is 0.198 e. The van der Waals surface area contributed by atoms with Gasteiger partial charge in [0.25, 0.3) is 0 Å². The van der Waals surface area contributed by atoms with E-state index in [9.17, 15) is 4.79 Å². The summed E-state index contributed by atoms with van der Waals surface area (Å²) in [5, 5.41) is 6.40. The summed E-state index contributed by atoms with van der Waals surface area (Å²) >= 11 is 0. The van der Waals surface area contributed by atoms with E-state index in [-0.39, 0.29) is 0 Å². The zero-order valence-corrected chi connectivity index (χ0v) is 4.03. The van der Waals surface area contributed by atoms with Crippen LogP contribution in [0.5, 0.6) is 0 Å². The Hall–Kier alpha value is -0.660. The van der Waals surface area contributed by atoms with Gasteiger partial charge in [-0.15, -0.1) is 0 Å². The van der Waals surface area contributed by atoms with Crippen LogP contribution in [0.4, 0.5) is 0 Å². The molecule has 0 aromatic rings. The minimum Gasteiger partial charge on any atom is -0.303 e. The molecule has 0 atom stereocenters. The summed E-state index contributed by atoms with van der Waals surface area (Å²) in [5.74, 6) is 0. The smallest absolute Gasteiger partial charge is 0.198 e. The summed E-state index contributed by atoms with van der Waals surface area (Å²) in [6.07, 6.45) is 5.63. The molecule has 0 aliphatic heterocycles. The molecule has 1 N–H and O–H groups in total. The Kier molecular flexibility index (Phi) is 4.84. The van der Waals surface area contributed by atoms with E-state index in [1.165, 1.54) is 0 Å². The van der Waals surface area contributed by atoms with Gasteiger partial charge in [0.05, 0.1) is 6.21 Å². The van der Waals surface area contributed by atoms with Crippen LogP contribution in [0.3, 0.4) is 0 Å². The number of rotatable bonds is 4. The number of carbonyl (C=O) groups excluding carboxylic acids is 1. The summed E-state index contributed by atoms with van der Waals surface area (Å²) in [5.41, 5.74) is 0. The van der Waals surface area contributed by atoms with Crippen molar-refractivity contribution in [1.82, 2.24) is 0 Å². The molecular formula is C5H7NO. The average molecular weight is 97.1 g/mol. The molecule has 38 valence electrons. The summed E-state index contributed by atoms with van der Waals surface area (Å²) in [7, 11) is 0. The number of hydrogen-bond donors (Lipinski definition) is 1. The molecule has 0 unspecified atom stereocenters. The summed E-state index contributed by atoms with van der Waals surface area (Å²) in [6, 6.07) is 0. The van der Waals surface area contributed by atoms with Crippen LogP contribution in [0.25, 0.3) is 0 Å². The van der Waals surface area contributed by atoms with Crippen molar-refractivity contribution in [1.29, 1.82) is 5.41 Å². The molecule has 2 heteroatoms. The first kappa shape index (κ1) is 6.34. The lowest BCUT2D eigenvalue weighted by Crippen LogP contribution is -1.75. The summed E-state index contributed by atoms with van der Waals surface area (Å²) < 4.78 is 0. The summed E-state index contributed by atoms with van der Waals surface area (Å²) in [6.45, 7) is 0. The van der Waals surface area contributed by atoms with Crippen molar-refractivity contribution in [2.75, 3.05) is 0 Å². The molecule has 0 amide bonds. The van der Waals surface area contributed by atoms with Crippen molar-refractivity contribution in [2.24, 2.45) is 0 Å². The zero-order chi connectivity index (χ0) is 5.54. The van der Waals surface area contributed by atoms with E-state index >= 15 is 0 Å². The van der Waals surface area contributed by atoms with Crippen LogP contribution in [-0.2, 0) is 4.79 Å². The molecular weight excluding hydrogens is 90.1 g/mol. The third-order valence-electron chi connectivity index (χ3n) is 0.581. The first-order chi connectivity index (χ1) is 3.41. The van der Waals surface area contributed by atoms with Crippen LogP contribution in [0, 0.1) is 5.41 Å². The third-order valence-corrected chi connectivity index (χ3v) is 0.581. The molecule has 0 aliphatic carbocycles. The van der Waals surface area contributed by atoms with Gasteiger partial charge >= 0.3 is 0 Å². The van der Waals surface area contributed by atoms with E-state index in [0.29, 0.717) is 19.3 Å². The lowest BCUT2D eigenvalue weighted by molar-refractivity contribution is 0.549. The SMILES string of the molecule is N=[C]CCC[C]=O. The minimum absolute atomic E-state index is 0.436. The Labute approximate surface area is 43.0 Å². The van der Waals surface area contributed by atoms with Crippen molar-refractivity contribution < 1.29 is 4.79 Å². The van der Waals surface area contributed by atoms with Gasteiger partial charge < -0.3 is 5.41 Å². The minimum atomic E-state index is 0.436. The van der Waals surface area contributed by atoms with Crippen LogP contribution in [0.15, 0.2) is 0 Å². The number of nitrogens with one attached hydrogen (secondary N) is 1. The highest BCUT2D eigenvalue weighted by atomic mass is 16.1. The molecule has 0 heterocycles. The highest BCUT2D eigenvalue weighted by Crippen LogP contribution is 1.85. The highest BCUT2D eigenvalue weighted by molar-refractivity contribution is 5.55. The topological polar surface area (TPSA) is 40.9 Å². The fraction of sp³-hybridized carbons (Fsp3) is 0.600. The molecule has 0 aliphatic rings. The predicted octanol–water partition coefficient (Wildman–Crippen LogP) is 0.793.